The van der Waals surface area contributed by atoms with Gasteiger partial charge in [-0.15, -0.1) is 0 Å². The van der Waals surface area contributed by atoms with Gasteiger partial charge in [-0.1, -0.05) is 41.1 Å². The molecule has 0 amide bonds. The zero-order valence-electron chi connectivity index (χ0n) is 28.9. The fourth-order valence-corrected chi connectivity index (χ4v) is 1.16. The van der Waals surface area contributed by atoms with Crippen LogP contribution in [-0.2, 0) is 10.8 Å². The molecule has 1 aromatic carbocycles. The van der Waals surface area contributed by atoms with Crippen LogP contribution in [0.15, 0.2) is 12.1 Å². The van der Waals surface area contributed by atoms with Crippen LogP contribution in [0.2, 0.25) is 0 Å². The number of rotatable bonds is 1. The van der Waals surface area contributed by atoms with Crippen LogP contribution in [0.3, 0.4) is 0 Å². The van der Waals surface area contributed by atoms with E-state index in [2.05, 4.69) is 0 Å². The first-order chi connectivity index (χ1) is 15.9. The number of methoxy groups -OCH3 is 1. The molecule has 0 aliphatic heterocycles. The smallest absolute Gasteiger partial charge is 0.123 e. The second-order valence-electron chi connectivity index (χ2n) is 3.38. The summed E-state index contributed by atoms with van der Waals surface area (Å²) in [5, 5.41) is 10.9. The number of hydrogen-bond donors (Lipinski definition) is 1. The molecular weight excluding hydrogens is 212 g/mol. The zero-order valence-corrected chi connectivity index (χ0v) is 8.86. The highest BCUT2D eigenvalue weighted by Crippen LogP contribution is 2.40. The van der Waals surface area contributed by atoms with Crippen molar-refractivity contribution < 1.29 is 37.3 Å². The van der Waals surface area contributed by atoms with Gasteiger partial charge in [0.1, 0.15) is 11.5 Å². The topological polar surface area (TPSA) is 29.5 Å². The third-order valence-corrected chi connectivity index (χ3v) is 1.90. The molecule has 0 fully saturated rings. The molecular formula is C15H24O2. The van der Waals surface area contributed by atoms with Crippen molar-refractivity contribution in [2.24, 2.45) is 0 Å². The Bertz CT molecular complexity index is 944. The highest BCUT2D eigenvalue weighted by atomic mass is 16.5. The maximum absolute atomic E-state index is 10.9. The second-order valence-corrected chi connectivity index (χ2v) is 3.38. The molecule has 0 bridgehead atoms. The summed E-state index contributed by atoms with van der Waals surface area (Å²) in [4.78, 5) is 0. The highest BCUT2D eigenvalue weighted by molar-refractivity contribution is 5.50. The lowest BCUT2D eigenvalue weighted by Gasteiger charge is -2.27. The van der Waals surface area contributed by atoms with Gasteiger partial charge < -0.3 is 9.84 Å². The van der Waals surface area contributed by atoms with E-state index in [1.165, 1.54) is 0 Å². The first-order valence-corrected chi connectivity index (χ1v) is 4.34. The van der Waals surface area contributed by atoms with E-state index in [-0.39, 0.29) is 0 Å². The van der Waals surface area contributed by atoms with Crippen molar-refractivity contribution in [2.45, 2.75) is 51.9 Å². The Morgan fingerprint density at radius 2 is 1.59 bits per heavy atom. The van der Waals surface area contributed by atoms with E-state index in [1.807, 2.05) is 0 Å². The molecule has 0 atom stereocenters. The summed E-state index contributed by atoms with van der Waals surface area (Å²) >= 11 is 0. The molecule has 0 unspecified atom stereocenters. The molecule has 0 aliphatic carbocycles. The fraction of sp³-hybridized carbons (Fsp3) is 0.600. The van der Waals surface area contributed by atoms with Gasteiger partial charge in [-0.05, 0) is 22.9 Å². The normalized spacial score (nSPS) is 34.4. The van der Waals surface area contributed by atoms with E-state index in [0.717, 1.165) is 0 Å². The van der Waals surface area contributed by atoms with Crippen molar-refractivity contribution in [3.8, 4) is 11.5 Å². The van der Waals surface area contributed by atoms with E-state index < -0.39 is 86.7 Å². The summed E-state index contributed by atoms with van der Waals surface area (Å²) in [5.74, 6) is -3.32. The van der Waals surface area contributed by atoms with Gasteiger partial charge in [0, 0.05) is 35.8 Å². The van der Waals surface area contributed by atoms with Crippen molar-refractivity contribution in [2.75, 3.05) is 7.11 Å². The third-order valence-electron chi connectivity index (χ3n) is 1.90. The molecule has 0 radical (unpaired) electrons. The lowest BCUT2D eigenvalue weighted by molar-refractivity contribution is 0.388. The monoisotopic (exact) mass is 256 g/mol. The van der Waals surface area contributed by atoms with E-state index in [9.17, 15) is 5.11 Å². The van der Waals surface area contributed by atoms with Gasteiger partial charge in [-0.3, -0.25) is 0 Å². The predicted molar refractivity (Wildman–Crippen MR) is 72.1 cm³/mol. The molecule has 1 aromatic rings. The number of aromatic hydroxyl groups is 1. The minimum Gasteiger partial charge on any atom is -0.508 e. The standard InChI is InChI=1S/C15H24O2/c1-14(2,3)10-9-13(17-7)11(8-12(10)16)15(4,5)6/h8-9,16H,1-7H3/i1D3,2D3,3D3,4D3,5D3,6D3,8D,9D. The molecule has 0 spiro atoms. The molecule has 17 heavy (non-hydrogen) atoms. The van der Waals surface area contributed by atoms with Crippen LogP contribution in [0.1, 0.15) is 79.7 Å². The van der Waals surface area contributed by atoms with Gasteiger partial charge in [0.25, 0.3) is 0 Å². The summed E-state index contributed by atoms with van der Waals surface area (Å²) < 4.78 is 162. The summed E-state index contributed by atoms with van der Waals surface area (Å²) in [6.07, 6.45) is 0. The van der Waals surface area contributed by atoms with Crippen LogP contribution in [0.25, 0.3) is 0 Å². The quantitative estimate of drug-likeness (QED) is 0.823. The molecule has 1 N–H and O–H groups in total. The van der Waals surface area contributed by atoms with Crippen molar-refractivity contribution in [1.29, 1.82) is 0 Å². The van der Waals surface area contributed by atoms with Gasteiger partial charge in [-0.2, -0.15) is 0 Å². The molecule has 1 rings (SSSR count). The van der Waals surface area contributed by atoms with Crippen molar-refractivity contribution >= 4 is 0 Å². The molecule has 0 saturated heterocycles. The van der Waals surface area contributed by atoms with Crippen LogP contribution < -0.4 is 4.74 Å². The zero-order chi connectivity index (χ0) is 30.2. The van der Waals surface area contributed by atoms with Crippen molar-refractivity contribution in [1.82, 2.24) is 0 Å². The van der Waals surface area contributed by atoms with Gasteiger partial charge in [0.2, 0.25) is 0 Å². The van der Waals surface area contributed by atoms with Gasteiger partial charge in [0.05, 0.1) is 9.85 Å². The van der Waals surface area contributed by atoms with Crippen molar-refractivity contribution in [3.05, 3.63) is 23.2 Å². The van der Waals surface area contributed by atoms with Crippen LogP contribution in [0.4, 0.5) is 0 Å². The highest BCUT2D eigenvalue weighted by Gasteiger charge is 2.25. The summed E-state index contributed by atoms with van der Waals surface area (Å²) in [7, 11) is 0.641. The Labute approximate surface area is 133 Å². The Hall–Kier alpha value is -1.18. The maximum Gasteiger partial charge on any atom is 0.123 e. The fourth-order valence-electron chi connectivity index (χ4n) is 1.16. The first kappa shape index (κ1) is 2.71. The minimum atomic E-state index is -4.08. The average molecular weight is 256 g/mol. The van der Waals surface area contributed by atoms with Crippen LogP contribution >= 0.6 is 0 Å². The minimum absolute atomic E-state index is 0.641. The number of hydrogen-bond acceptors (Lipinski definition) is 2. The SMILES string of the molecule is [2H]c1c(OC)c(C(C([2H])([2H])[2H])(C([2H])([2H])[2H])C([2H])([2H])[2H])c([2H])c(O)c1C(C([2H])([2H])[2H])(C([2H])([2H])[2H])C([2H])([2H])[2H]. The molecule has 0 saturated carbocycles. The molecule has 2 heteroatoms. The Morgan fingerprint density at radius 1 is 1.06 bits per heavy atom. The summed E-state index contributed by atoms with van der Waals surface area (Å²) in [6, 6.07) is -3.37. The van der Waals surface area contributed by atoms with E-state index in [4.69, 9.17) is 32.2 Å². The molecule has 0 aliphatic rings. The molecule has 0 heterocycles. The number of phenolic OH excluding ortho intramolecular Hbond substituents is 1. The molecule has 96 valence electrons. The largest absolute Gasteiger partial charge is 0.508 e. The second kappa shape index (κ2) is 4.25. The first-order valence-electron chi connectivity index (χ1n) is 14.3. The number of ether oxygens (including phenoxy) is 1. The Morgan fingerprint density at radius 3 is 2.06 bits per heavy atom. The molecule has 2 nitrogen and oxygen atoms in total. The summed E-state index contributed by atoms with van der Waals surface area (Å²) in [6.45, 7) is -24.2. The van der Waals surface area contributed by atoms with Gasteiger partial charge in [0.15, 0.2) is 0 Å². The van der Waals surface area contributed by atoms with Gasteiger partial charge >= 0.3 is 0 Å². The van der Waals surface area contributed by atoms with Gasteiger partial charge in [-0.25, -0.2) is 0 Å². The van der Waals surface area contributed by atoms with Crippen molar-refractivity contribution in [3.63, 3.8) is 0 Å². The van der Waals surface area contributed by atoms with E-state index >= 15 is 0 Å². The number of phenols is 1. The average Bonchev–Trinajstić information content (AvgIpc) is 2.56. The third kappa shape index (κ3) is 2.93. The predicted octanol–water partition coefficient (Wildman–Crippen LogP) is 4.00. The van der Waals surface area contributed by atoms with E-state index in [1.54, 1.807) is 0 Å². The Kier molecular flexibility index (Phi) is 0.676. The van der Waals surface area contributed by atoms with Crippen LogP contribution in [0, 0.1) is 0 Å². The van der Waals surface area contributed by atoms with Crippen LogP contribution in [-0.4, -0.2) is 12.2 Å². The maximum atomic E-state index is 10.9. The molecule has 0 aromatic heterocycles. The Balaban J connectivity index is 4.82. The van der Waals surface area contributed by atoms with E-state index in [0.29, 0.717) is 7.11 Å². The lowest BCUT2D eigenvalue weighted by Crippen LogP contribution is -2.16. The lowest BCUT2D eigenvalue weighted by atomic mass is 9.81. The summed E-state index contributed by atoms with van der Waals surface area (Å²) in [5.41, 5.74) is -11.4. The number of benzene rings is 1. The van der Waals surface area contributed by atoms with Crippen LogP contribution in [0.5, 0.6) is 11.5 Å².